The second kappa shape index (κ2) is 3.60. The molecule has 0 aliphatic carbocycles. The predicted octanol–water partition coefficient (Wildman–Crippen LogP) is 1.84. The minimum Gasteiger partial charge on any atom is -0.300 e. The van der Waals surface area contributed by atoms with Gasteiger partial charge in [-0.3, -0.25) is 0 Å². The number of alkyl halides is 4. The Morgan fingerprint density at radius 3 is 2.42 bits per heavy atom. The Morgan fingerprint density at radius 2 is 2.00 bits per heavy atom. The van der Waals surface area contributed by atoms with Crippen molar-refractivity contribution in [1.82, 2.24) is 4.90 Å². The number of likely N-dealkylation sites (tertiary alicyclic amines) is 1. The monoisotopic (exact) mass is 185 g/mol. The Bertz CT molecular complexity index is 145. The van der Waals surface area contributed by atoms with Crippen molar-refractivity contribution in [3.63, 3.8) is 0 Å². The normalized spacial score (nSPS) is 26.5. The van der Waals surface area contributed by atoms with E-state index in [9.17, 15) is 17.6 Å². The van der Waals surface area contributed by atoms with E-state index in [0.29, 0.717) is 6.54 Å². The van der Waals surface area contributed by atoms with Gasteiger partial charge < -0.3 is 4.90 Å². The zero-order chi connectivity index (χ0) is 9.19. The van der Waals surface area contributed by atoms with Crippen molar-refractivity contribution in [2.45, 2.75) is 12.6 Å². The summed E-state index contributed by atoms with van der Waals surface area (Å²) in [5, 5.41) is 0. The first kappa shape index (κ1) is 9.77. The van der Waals surface area contributed by atoms with Gasteiger partial charge in [0, 0.05) is 13.1 Å². The predicted molar refractivity (Wildman–Crippen MR) is 36.6 cm³/mol. The van der Waals surface area contributed by atoms with Gasteiger partial charge in [0.15, 0.2) is 0 Å². The van der Waals surface area contributed by atoms with Crippen LogP contribution in [0.25, 0.3) is 0 Å². The summed E-state index contributed by atoms with van der Waals surface area (Å²) >= 11 is 0. The molecule has 0 aromatic carbocycles. The lowest BCUT2D eigenvalue weighted by Crippen LogP contribution is -2.28. The molecule has 1 unspecified atom stereocenters. The third-order valence-corrected chi connectivity index (χ3v) is 2.14. The van der Waals surface area contributed by atoms with Gasteiger partial charge in [-0.1, -0.05) is 0 Å². The fraction of sp³-hybridized carbons (Fsp3) is 1.00. The summed E-state index contributed by atoms with van der Waals surface area (Å²) < 4.78 is 47.9. The summed E-state index contributed by atoms with van der Waals surface area (Å²) in [6.45, 7) is -0.0985. The summed E-state index contributed by atoms with van der Waals surface area (Å²) in [5.41, 5.74) is 0. The fourth-order valence-electron chi connectivity index (χ4n) is 1.42. The van der Waals surface area contributed by atoms with Crippen molar-refractivity contribution >= 4 is 0 Å². The number of halogens is 4. The van der Waals surface area contributed by atoms with Crippen LogP contribution >= 0.6 is 0 Å². The lowest BCUT2D eigenvalue weighted by Gasteiger charge is -2.15. The van der Waals surface area contributed by atoms with Crippen LogP contribution in [0, 0.1) is 5.92 Å². The van der Waals surface area contributed by atoms with Gasteiger partial charge in [0.2, 0.25) is 0 Å². The molecule has 1 aliphatic heterocycles. The molecule has 1 atom stereocenters. The molecule has 5 heteroatoms. The highest BCUT2D eigenvalue weighted by Gasteiger charge is 2.43. The van der Waals surface area contributed by atoms with Crippen molar-refractivity contribution in [2.75, 3.05) is 26.3 Å². The van der Waals surface area contributed by atoms with Crippen LogP contribution in [0.2, 0.25) is 0 Å². The van der Waals surface area contributed by atoms with E-state index in [1.54, 1.807) is 0 Å². The Kier molecular flexibility index (Phi) is 2.93. The zero-order valence-corrected chi connectivity index (χ0v) is 6.57. The van der Waals surface area contributed by atoms with E-state index < -0.39 is 18.8 Å². The van der Waals surface area contributed by atoms with Crippen LogP contribution in [0.5, 0.6) is 0 Å². The van der Waals surface area contributed by atoms with Crippen LogP contribution in [0.4, 0.5) is 17.6 Å². The first-order valence-electron chi connectivity index (χ1n) is 3.89. The molecule has 0 spiro atoms. The third kappa shape index (κ3) is 2.33. The van der Waals surface area contributed by atoms with Crippen LogP contribution in [0.3, 0.4) is 0 Å². The van der Waals surface area contributed by atoms with Crippen molar-refractivity contribution in [1.29, 1.82) is 0 Å². The SMILES string of the molecule is FCCN1CCC(C(F)(F)F)C1. The van der Waals surface area contributed by atoms with E-state index in [1.807, 2.05) is 0 Å². The minimum atomic E-state index is -4.11. The topological polar surface area (TPSA) is 3.24 Å². The maximum absolute atomic E-state index is 12.1. The average molecular weight is 185 g/mol. The van der Waals surface area contributed by atoms with Crippen LogP contribution in [0.15, 0.2) is 0 Å². The van der Waals surface area contributed by atoms with Gasteiger partial charge in [0.05, 0.1) is 5.92 Å². The molecule has 0 amide bonds. The maximum Gasteiger partial charge on any atom is 0.393 e. The van der Waals surface area contributed by atoms with Gasteiger partial charge >= 0.3 is 6.18 Å². The first-order chi connectivity index (χ1) is 5.54. The molecule has 0 aromatic heterocycles. The van der Waals surface area contributed by atoms with Gasteiger partial charge in [-0.25, -0.2) is 4.39 Å². The highest BCUT2D eigenvalue weighted by Crippen LogP contribution is 2.33. The number of rotatable bonds is 2. The molecule has 0 radical (unpaired) electrons. The second-order valence-corrected chi connectivity index (χ2v) is 3.02. The van der Waals surface area contributed by atoms with Crippen molar-refractivity contribution in [3.8, 4) is 0 Å². The molecule has 1 aliphatic rings. The molecule has 72 valence electrons. The van der Waals surface area contributed by atoms with Crippen LogP contribution in [0.1, 0.15) is 6.42 Å². The average Bonchev–Trinajstić information content (AvgIpc) is 2.35. The van der Waals surface area contributed by atoms with E-state index >= 15 is 0 Å². The zero-order valence-electron chi connectivity index (χ0n) is 6.57. The van der Waals surface area contributed by atoms with Gasteiger partial charge in [0.25, 0.3) is 0 Å². The Hall–Kier alpha value is -0.320. The molecule has 1 nitrogen and oxygen atoms in total. The quantitative estimate of drug-likeness (QED) is 0.593. The molecule has 0 N–H and O–H groups in total. The van der Waals surface area contributed by atoms with Crippen LogP contribution < -0.4 is 0 Å². The molecule has 1 saturated heterocycles. The number of hydrogen-bond donors (Lipinski definition) is 0. The number of nitrogens with zero attached hydrogens (tertiary/aromatic N) is 1. The number of hydrogen-bond acceptors (Lipinski definition) is 1. The first-order valence-corrected chi connectivity index (χ1v) is 3.89. The molecule has 1 heterocycles. The summed E-state index contributed by atoms with van der Waals surface area (Å²) in [7, 11) is 0. The molecule has 1 fully saturated rings. The molecule has 0 aromatic rings. The second-order valence-electron chi connectivity index (χ2n) is 3.02. The molecule has 0 saturated carbocycles. The lowest BCUT2D eigenvalue weighted by atomic mass is 10.1. The maximum atomic E-state index is 12.1. The van der Waals surface area contributed by atoms with Crippen LogP contribution in [-0.4, -0.2) is 37.4 Å². The Balaban J connectivity index is 2.35. The Morgan fingerprint density at radius 1 is 1.33 bits per heavy atom. The van der Waals surface area contributed by atoms with E-state index in [-0.39, 0.29) is 19.5 Å². The third-order valence-electron chi connectivity index (χ3n) is 2.14. The summed E-state index contributed by atoms with van der Waals surface area (Å²) in [6, 6.07) is 0. The molecular weight excluding hydrogens is 174 g/mol. The van der Waals surface area contributed by atoms with Crippen molar-refractivity contribution < 1.29 is 17.6 Å². The standard InChI is InChI=1S/C7H11F4N/c8-2-4-12-3-1-6(5-12)7(9,10)11/h6H,1-5H2. The highest BCUT2D eigenvalue weighted by atomic mass is 19.4. The summed E-state index contributed by atoms with van der Waals surface area (Å²) in [6.07, 6.45) is -3.99. The van der Waals surface area contributed by atoms with Crippen molar-refractivity contribution in [2.24, 2.45) is 5.92 Å². The highest BCUT2D eigenvalue weighted by molar-refractivity contribution is 4.80. The fourth-order valence-corrected chi connectivity index (χ4v) is 1.42. The van der Waals surface area contributed by atoms with E-state index in [4.69, 9.17) is 0 Å². The molecule has 0 bridgehead atoms. The Labute approximate surface area is 68.3 Å². The van der Waals surface area contributed by atoms with E-state index in [1.165, 1.54) is 4.90 Å². The van der Waals surface area contributed by atoms with Gasteiger partial charge in [-0.05, 0) is 13.0 Å². The van der Waals surface area contributed by atoms with E-state index in [2.05, 4.69) is 0 Å². The largest absolute Gasteiger partial charge is 0.393 e. The van der Waals surface area contributed by atoms with Gasteiger partial charge in [-0.15, -0.1) is 0 Å². The minimum absolute atomic E-state index is 0.0343. The van der Waals surface area contributed by atoms with Gasteiger partial charge in [0.1, 0.15) is 6.67 Å². The smallest absolute Gasteiger partial charge is 0.300 e. The molecule has 1 rings (SSSR count). The summed E-state index contributed by atoms with van der Waals surface area (Å²) in [5.74, 6) is -1.25. The van der Waals surface area contributed by atoms with Gasteiger partial charge in [-0.2, -0.15) is 13.2 Å². The molecule has 12 heavy (non-hydrogen) atoms. The van der Waals surface area contributed by atoms with Crippen LogP contribution in [-0.2, 0) is 0 Å². The summed E-state index contributed by atoms with van der Waals surface area (Å²) in [4.78, 5) is 1.51. The molecular formula is C7H11F4N. The van der Waals surface area contributed by atoms with E-state index in [0.717, 1.165) is 0 Å². The van der Waals surface area contributed by atoms with Crippen molar-refractivity contribution in [3.05, 3.63) is 0 Å². The lowest BCUT2D eigenvalue weighted by molar-refractivity contribution is -0.170.